The minimum absolute atomic E-state index is 0.203. The van der Waals surface area contributed by atoms with Crippen molar-refractivity contribution in [3.8, 4) is 34.1 Å². The van der Waals surface area contributed by atoms with Crippen LogP contribution >= 0.6 is 0 Å². The summed E-state index contributed by atoms with van der Waals surface area (Å²) in [4.78, 5) is 0. The lowest BCUT2D eigenvalue weighted by atomic mass is 9.67. The van der Waals surface area contributed by atoms with E-state index >= 15 is 0 Å². The number of ether oxygens (including phenoxy) is 2. The molecule has 0 atom stereocenters. The number of methoxy groups -OCH3 is 2. The van der Waals surface area contributed by atoms with Crippen LogP contribution in [0.3, 0.4) is 0 Å². The second-order valence-corrected chi connectivity index (χ2v) is 7.61. The minimum atomic E-state index is -0.715. The third-order valence-corrected chi connectivity index (χ3v) is 6.14. The van der Waals surface area contributed by atoms with Crippen LogP contribution in [0.15, 0.2) is 84.9 Å². The SMILES string of the molecule is COc1ccc2c(c1OC)C(c1ccc(O)cc1)(c1ccc(O)cc1)c1ccccc1-2. The van der Waals surface area contributed by atoms with E-state index < -0.39 is 5.41 Å². The third-order valence-electron chi connectivity index (χ3n) is 6.14. The topological polar surface area (TPSA) is 58.9 Å². The van der Waals surface area contributed by atoms with E-state index in [-0.39, 0.29) is 11.5 Å². The minimum Gasteiger partial charge on any atom is -0.508 e. The van der Waals surface area contributed by atoms with Gasteiger partial charge in [0.25, 0.3) is 0 Å². The van der Waals surface area contributed by atoms with Gasteiger partial charge in [-0.05, 0) is 58.1 Å². The molecule has 0 saturated carbocycles. The van der Waals surface area contributed by atoms with Crippen molar-refractivity contribution in [1.29, 1.82) is 0 Å². The summed E-state index contributed by atoms with van der Waals surface area (Å²) in [6, 6.07) is 26.8. The van der Waals surface area contributed by atoms with Crippen molar-refractivity contribution < 1.29 is 19.7 Å². The molecule has 0 aromatic heterocycles. The fourth-order valence-electron chi connectivity index (χ4n) is 4.89. The van der Waals surface area contributed by atoms with Gasteiger partial charge in [-0.3, -0.25) is 0 Å². The number of rotatable bonds is 4. The lowest BCUT2D eigenvalue weighted by molar-refractivity contribution is 0.350. The van der Waals surface area contributed by atoms with Gasteiger partial charge in [-0.15, -0.1) is 0 Å². The van der Waals surface area contributed by atoms with Crippen molar-refractivity contribution in [1.82, 2.24) is 0 Å². The van der Waals surface area contributed by atoms with Crippen molar-refractivity contribution >= 4 is 0 Å². The van der Waals surface area contributed by atoms with Gasteiger partial charge in [-0.2, -0.15) is 0 Å². The average molecular weight is 410 g/mol. The van der Waals surface area contributed by atoms with Gasteiger partial charge in [0.1, 0.15) is 11.5 Å². The number of phenolic OH excluding ortho intramolecular Hbond substituents is 2. The van der Waals surface area contributed by atoms with E-state index in [4.69, 9.17) is 9.47 Å². The van der Waals surface area contributed by atoms with Crippen LogP contribution in [0.1, 0.15) is 22.3 Å². The Balaban J connectivity index is 2.00. The predicted molar refractivity (Wildman–Crippen MR) is 120 cm³/mol. The first-order chi connectivity index (χ1) is 15.1. The fraction of sp³-hybridized carbons (Fsp3) is 0.111. The summed E-state index contributed by atoms with van der Waals surface area (Å²) in [6.45, 7) is 0. The predicted octanol–water partition coefficient (Wildman–Crippen LogP) is 5.48. The molecule has 1 aliphatic rings. The van der Waals surface area contributed by atoms with Crippen LogP contribution in [-0.4, -0.2) is 24.4 Å². The zero-order chi connectivity index (χ0) is 21.6. The summed E-state index contributed by atoms with van der Waals surface area (Å²) in [5.74, 6) is 1.72. The summed E-state index contributed by atoms with van der Waals surface area (Å²) < 4.78 is 11.6. The van der Waals surface area contributed by atoms with E-state index in [0.717, 1.165) is 33.4 Å². The third kappa shape index (κ3) is 2.61. The molecule has 4 aromatic carbocycles. The van der Waals surface area contributed by atoms with E-state index in [0.29, 0.717) is 11.5 Å². The van der Waals surface area contributed by atoms with Gasteiger partial charge < -0.3 is 19.7 Å². The summed E-state index contributed by atoms with van der Waals surface area (Å²) >= 11 is 0. The van der Waals surface area contributed by atoms with Crippen LogP contribution < -0.4 is 9.47 Å². The molecule has 0 bridgehead atoms. The Morgan fingerprint density at radius 3 is 1.74 bits per heavy atom. The largest absolute Gasteiger partial charge is 0.508 e. The molecule has 4 nitrogen and oxygen atoms in total. The van der Waals surface area contributed by atoms with Crippen LogP contribution in [0.4, 0.5) is 0 Å². The fourth-order valence-corrected chi connectivity index (χ4v) is 4.89. The standard InChI is InChI=1S/C27H22O4/c1-30-24-16-15-22-21-5-3-4-6-23(21)27(25(22)26(24)31-2,17-7-11-19(28)12-8-17)18-9-13-20(29)14-10-18/h3-16,28-29H,1-2H3. The highest BCUT2D eigenvalue weighted by Crippen LogP contribution is 2.60. The van der Waals surface area contributed by atoms with Crippen LogP contribution in [-0.2, 0) is 5.41 Å². The molecular formula is C27H22O4. The zero-order valence-corrected chi connectivity index (χ0v) is 17.3. The summed E-state index contributed by atoms with van der Waals surface area (Å²) in [7, 11) is 3.29. The highest BCUT2D eigenvalue weighted by atomic mass is 16.5. The van der Waals surface area contributed by atoms with Crippen molar-refractivity contribution in [2.45, 2.75) is 5.41 Å². The van der Waals surface area contributed by atoms with E-state index in [2.05, 4.69) is 18.2 Å². The van der Waals surface area contributed by atoms with Gasteiger partial charge in [0, 0.05) is 5.56 Å². The van der Waals surface area contributed by atoms with E-state index in [9.17, 15) is 10.2 Å². The number of aromatic hydroxyl groups is 2. The maximum absolute atomic E-state index is 9.99. The highest BCUT2D eigenvalue weighted by molar-refractivity contribution is 5.89. The first-order valence-electron chi connectivity index (χ1n) is 10.1. The molecule has 31 heavy (non-hydrogen) atoms. The number of hydrogen-bond acceptors (Lipinski definition) is 4. The Hall–Kier alpha value is -3.92. The molecular weight excluding hydrogens is 388 g/mol. The van der Waals surface area contributed by atoms with E-state index in [1.165, 1.54) is 0 Å². The smallest absolute Gasteiger partial charge is 0.166 e. The van der Waals surface area contributed by atoms with Crippen LogP contribution in [0.25, 0.3) is 11.1 Å². The van der Waals surface area contributed by atoms with E-state index in [1.807, 2.05) is 42.5 Å². The second kappa shape index (κ2) is 7.10. The molecule has 4 heteroatoms. The lowest BCUT2D eigenvalue weighted by Gasteiger charge is -2.35. The van der Waals surface area contributed by atoms with Gasteiger partial charge in [0.05, 0.1) is 19.6 Å². The monoisotopic (exact) mass is 410 g/mol. The van der Waals surface area contributed by atoms with Gasteiger partial charge in [0.2, 0.25) is 0 Å². The number of fused-ring (bicyclic) bond motifs is 3. The van der Waals surface area contributed by atoms with Gasteiger partial charge >= 0.3 is 0 Å². The molecule has 2 N–H and O–H groups in total. The first kappa shape index (κ1) is 19.1. The Labute approximate surface area is 181 Å². The Morgan fingerprint density at radius 2 is 1.19 bits per heavy atom. The number of benzene rings is 4. The summed E-state index contributed by atoms with van der Waals surface area (Å²) in [5, 5.41) is 20.0. The summed E-state index contributed by atoms with van der Waals surface area (Å²) in [6.07, 6.45) is 0. The van der Waals surface area contributed by atoms with Crippen LogP contribution in [0.2, 0.25) is 0 Å². The van der Waals surface area contributed by atoms with Gasteiger partial charge in [0.15, 0.2) is 11.5 Å². The van der Waals surface area contributed by atoms with Gasteiger partial charge in [-0.1, -0.05) is 54.6 Å². The Morgan fingerprint density at radius 1 is 0.613 bits per heavy atom. The molecule has 0 spiro atoms. The summed E-state index contributed by atoms with van der Waals surface area (Å²) in [5.41, 5.74) is 5.50. The Kier molecular flexibility index (Phi) is 4.36. The Bertz CT molecular complexity index is 1210. The van der Waals surface area contributed by atoms with Gasteiger partial charge in [-0.25, -0.2) is 0 Å². The molecule has 0 unspecified atom stereocenters. The lowest BCUT2D eigenvalue weighted by Crippen LogP contribution is -2.29. The molecule has 5 rings (SSSR count). The molecule has 1 aliphatic carbocycles. The van der Waals surface area contributed by atoms with Crippen molar-refractivity contribution in [3.05, 3.63) is 107 Å². The highest BCUT2D eigenvalue weighted by Gasteiger charge is 2.48. The molecule has 154 valence electrons. The van der Waals surface area contributed by atoms with E-state index in [1.54, 1.807) is 38.5 Å². The molecule has 4 aromatic rings. The van der Waals surface area contributed by atoms with Crippen LogP contribution in [0, 0.1) is 0 Å². The maximum atomic E-state index is 9.99. The molecule has 0 aliphatic heterocycles. The number of phenols is 2. The van der Waals surface area contributed by atoms with Crippen LogP contribution in [0.5, 0.6) is 23.0 Å². The first-order valence-corrected chi connectivity index (χ1v) is 10.1. The van der Waals surface area contributed by atoms with Crippen molar-refractivity contribution in [2.24, 2.45) is 0 Å². The average Bonchev–Trinajstić information content (AvgIpc) is 3.11. The quantitative estimate of drug-likeness (QED) is 0.412. The van der Waals surface area contributed by atoms with Crippen molar-refractivity contribution in [3.63, 3.8) is 0 Å². The molecule has 0 fully saturated rings. The molecule has 0 saturated heterocycles. The zero-order valence-electron chi connectivity index (χ0n) is 17.3. The maximum Gasteiger partial charge on any atom is 0.166 e. The molecule has 0 radical (unpaired) electrons. The normalized spacial score (nSPS) is 13.4. The molecule has 0 amide bonds. The van der Waals surface area contributed by atoms with Crippen molar-refractivity contribution in [2.75, 3.05) is 14.2 Å². The molecule has 0 heterocycles. The second-order valence-electron chi connectivity index (χ2n) is 7.61. The number of hydrogen-bond donors (Lipinski definition) is 2.